The van der Waals surface area contributed by atoms with Crippen molar-refractivity contribution in [3.8, 4) is 0 Å². The Morgan fingerprint density at radius 2 is 2.14 bits per heavy atom. The summed E-state index contributed by atoms with van der Waals surface area (Å²) in [6.07, 6.45) is 8.58. The van der Waals surface area contributed by atoms with Crippen LogP contribution in [0.5, 0.6) is 0 Å². The molecule has 0 aliphatic carbocycles. The summed E-state index contributed by atoms with van der Waals surface area (Å²) in [6, 6.07) is 1.80. The van der Waals surface area contributed by atoms with Crippen molar-refractivity contribution in [1.29, 1.82) is 0 Å². The molecule has 3 heterocycles. The number of carbonyl (C=O) groups is 1. The molecule has 2 aromatic rings. The molecule has 2 aromatic heterocycles. The van der Waals surface area contributed by atoms with E-state index in [9.17, 15) is 4.79 Å². The van der Waals surface area contributed by atoms with Crippen molar-refractivity contribution in [3.05, 3.63) is 41.4 Å². The van der Waals surface area contributed by atoms with E-state index in [1.807, 2.05) is 17.8 Å². The SMILES string of the molecule is Cn1ccnc1N1CCC(NC(=O)c2cncc(Cl)c2)CC1. The molecular weight excluding hydrogens is 302 g/mol. The van der Waals surface area contributed by atoms with E-state index in [0.717, 1.165) is 31.9 Å². The predicted octanol–water partition coefficient (Wildman–Crippen LogP) is 1.87. The van der Waals surface area contributed by atoms with Gasteiger partial charge < -0.3 is 14.8 Å². The number of carbonyl (C=O) groups excluding carboxylic acids is 1. The number of amides is 1. The van der Waals surface area contributed by atoms with Crippen LogP contribution in [0.1, 0.15) is 23.2 Å². The molecule has 0 bridgehead atoms. The second-order valence-corrected chi connectivity index (χ2v) is 5.90. The van der Waals surface area contributed by atoms with E-state index >= 15 is 0 Å². The first-order chi connectivity index (χ1) is 10.6. The summed E-state index contributed by atoms with van der Waals surface area (Å²) < 4.78 is 2.01. The van der Waals surface area contributed by atoms with Gasteiger partial charge in [-0.05, 0) is 18.9 Å². The Bertz CT molecular complexity index is 663. The van der Waals surface area contributed by atoms with Gasteiger partial charge in [0.05, 0.1) is 10.6 Å². The lowest BCUT2D eigenvalue weighted by Gasteiger charge is -2.33. The van der Waals surface area contributed by atoms with Crippen LogP contribution in [-0.4, -0.2) is 39.6 Å². The first kappa shape index (κ1) is 14.8. The van der Waals surface area contributed by atoms with Crippen molar-refractivity contribution in [3.63, 3.8) is 0 Å². The number of aromatic nitrogens is 3. The second kappa shape index (κ2) is 6.36. The van der Waals surface area contributed by atoms with Crippen LogP contribution in [0.3, 0.4) is 0 Å². The molecule has 22 heavy (non-hydrogen) atoms. The van der Waals surface area contributed by atoms with Crippen LogP contribution in [0.2, 0.25) is 5.02 Å². The highest BCUT2D eigenvalue weighted by Crippen LogP contribution is 2.18. The lowest BCUT2D eigenvalue weighted by atomic mass is 10.0. The number of anilines is 1. The van der Waals surface area contributed by atoms with Crippen LogP contribution >= 0.6 is 11.6 Å². The normalized spacial score (nSPS) is 15.8. The molecule has 1 saturated heterocycles. The van der Waals surface area contributed by atoms with Gasteiger partial charge in [0.15, 0.2) is 0 Å². The first-order valence-electron chi connectivity index (χ1n) is 7.27. The van der Waals surface area contributed by atoms with Gasteiger partial charge in [-0.25, -0.2) is 4.98 Å². The fraction of sp³-hybridized carbons (Fsp3) is 0.400. The number of nitrogens with zero attached hydrogens (tertiary/aromatic N) is 4. The van der Waals surface area contributed by atoms with E-state index < -0.39 is 0 Å². The molecule has 1 fully saturated rings. The molecule has 1 aliphatic heterocycles. The average molecular weight is 320 g/mol. The number of halogens is 1. The summed E-state index contributed by atoms with van der Waals surface area (Å²) in [6.45, 7) is 1.76. The molecule has 6 nitrogen and oxygen atoms in total. The van der Waals surface area contributed by atoms with Gasteiger partial charge in [-0.2, -0.15) is 0 Å². The first-order valence-corrected chi connectivity index (χ1v) is 7.65. The number of aryl methyl sites for hydroxylation is 1. The quantitative estimate of drug-likeness (QED) is 0.938. The maximum Gasteiger partial charge on any atom is 0.253 e. The van der Waals surface area contributed by atoms with Crippen molar-refractivity contribution < 1.29 is 4.79 Å². The minimum Gasteiger partial charge on any atom is -0.349 e. The number of nitrogens with one attached hydrogen (secondary N) is 1. The molecule has 1 amide bonds. The summed E-state index contributed by atoms with van der Waals surface area (Å²) >= 11 is 5.86. The molecule has 0 aromatic carbocycles. The Kier molecular flexibility index (Phi) is 4.29. The van der Waals surface area contributed by atoms with E-state index in [1.165, 1.54) is 12.4 Å². The summed E-state index contributed by atoms with van der Waals surface area (Å²) in [4.78, 5) is 22.7. The topological polar surface area (TPSA) is 63.1 Å². The third-order valence-electron chi connectivity index (χ3n) is 3.88. The molecule has 0 saturated carbocycles. The van der Waals surface area contributed by atoms with Crippen LogP contribution in [-0.2, 0) is 7.05 Å². The number of rotatable bonds is 3. The number of imidazole rings is 1. The van der Waals surface area contributed by atoms with E-state index in [2.05, 4.69) is 20.2 Å². The molecule has 3 rings (SSSR count). The Morgan fingerprint density at radius 1 is 1.36 bits per heavy atom. The Labute approximate surface area is 134 Å². The Balaban J connectivity index is 1.56. The van der Waals surface area contributed by atoms with Crippen LogP contribution in [0.4, 0.5) is 5.95 Å². The maximum atomic E-state index is 12.2. The predicted molar refractivity (Wildman–Crippen MR) is 85.2 cm³/mol. The smallest absolute Gasteiger partial charge is 0.253 e. The zero-order valence-electron chi connectivity index (χ0n) is 12.4. The van der Waals surface area contributed by atoms with Crippen LogP contribution in [0.15, 0.2) is 30.9 Å². The Hall–Kier alpha value is -2.08. The van der Waals surface area contributed by atoms with Gasteiger partial charge in [0.2, 0.25) is 5.95 Å². The van der Waals surface area contributed by atoms with Crippen molar-refractivity contribution in [2.45, 2.75) is 18.9 Å². The third kappa shape index (κ3) is 3.22. The molecule has 7 heteroatoms. The maximum absolute atomic E-state index is 12.2. The fourth-order valence-corrected chi connectivity index (χ4v) is 2.86. The van der Waals surface area contributed by atoms with Gasteiger partial charge in [-0.3, -0.25) is 9.78 Å². The van der Waals surface area contributed by atoms with Gasteiger partial charge in [-0.1, -0.05) is 11.6 Å². The molecule has 0 spiro atoms. The van der Waals surface area contributed by atoms with E-state index in [1.54, 1.807) is 12.3 Å². The van der Waals surface area contributed by atoms with Gasteiger partial charge in [0.1, 0.15) is 0 Å². The lowest BCUT2D eigenvalue weighted by Crippen LogP contribution is -2.45. The van der Waals surface area contributed by atoms with Gasteiger partial charge >= 0.3 is 0 Å². The number of piperidine rings is 1. The average Bonchev–Trinajstić information content (AvgIpc) is 2.94. The number of pyridine rings is 1. The van der Waals surface area contributed by atoms with Crippen LogP contribution < -0.4 is 10.2 Å². The monoisotopic (exact) mass is 319 g/mol. The minimum atomic E-state index is -0.120. The highest BCUT2D eigenvalue weighted by Gasteiger charge is 2.23. The summed E-state index contributed by atoms with van der Waals surface area (Å²) in [5, 5.41) is 3.52. The van der Waals surface area contributed by atoms with Gasteiger partial charge in [-0.15, -0.1) is 0 Å². The highest BCUT2D eigenvalue weighted by molar-refractivity contribution is 6.30. The molecule has 0 atom stereocenters. The Morgan fingerprint density at radius 3 is 2.77 bits per heavy atom. The highest BCUT2D eigenvalue weighted by atomic mass is 35.5. The zero-order valence-corrected chi connectivity index (χ0v) is 13.1. The minimum absolute atomic E-state index is 0.120. The zero-order chi connectivity index (χ0) is 15.5. The van der Waals surface area contributed by atoms with E-state index in [0.29, 0.717) is 10.6 Å². The molecule has 116 valence electrons. The van der Waals surface area contributed by atoms with Crippen LogP contribution in [0.25, 0.3) is 0 Å². The second-order valence-electron chi connectivity index (χ2n) is 5.46. The van der Waals surface area contributed by atoms with E-state index in [4.69, 9.17) is 11.6 Å². The van der Waals surface area contributed by atoms with E-state index in [-0.39, 0.29) is 11.9 Å². The number of hydrogen-bond acceptors (Lipinski definition) is 4. The van der Waals surface area contributed by atoms with Crippen molar-refractivity contribution in [1.82, 2.24) is 19.9 Å². The third-order valence-corrected chi connectivity index (χ3v) is 4.08. The number of hydrogen-bond donors (Lipinski definition) is 1. The standard InChI is InChI=1S/C15H18ClN5O/c1-20-7-4-18-15(20)21-5-2-13(3-6-21)19-14(22)11-8-12(16)10-17-9-11/h4,7-10,13H,2-3,5-6H2,1H3,(H,19,22). The molecule has 0 unspecified atom stereocenters. The molecule has 0 radical (unpaired) electrons. The molecule has 1 aliphatic rings. The largest absolute Gasteiger partial charge is 0.349 e. The van der Waals surface area contributed by atoms with Gasteiger partial charge in [0, 0.05) is 51.0 Å². The fourth-order valence-electron chi connectivity index (χ4n) is 2.69. The van der Waals surface area contributed by atoms with Crippen molar-refractivity contribution in [2.75, 3.05) is 18.0 Å². The van der Waals surface area contributed by atoms with Crippen LogP contribution in [0, 0.1) is 0 Å². The lowest BCUT2D eigenvalue weighted by molar-refractivity contribution is 0.0930. The van der Waals surface area contributed by atoms with Crippen molar-refractivity contribution in [2.24, 2.45) is 7.05 Å². The van der Waals surface area contributed by atoms with Crippen molar-refractivity contribution >= 4 is 23.5 Å². The summed E-state index contributed by atoms with van der Waals surface area (Å²) in [5.74, 6) is 0.856. The molecular formula is C15H18ClN5O. The molecule has 1 N–H and O–H groups in total. The van der Waals surface area contributed by atoms with Gasteiger partial charge in [0.25, 0.3) is 5.91 Å². The summed E-state index contributed by atoms with van der Waals surface area (Å²) in [7, 11) is 1.99. The summed E-state index contributed by atoms with van der Waals surface area (Å²) in [5.41, 5.74) is 0.499.